The average Bonchev–Trinajstić information content (AvgIpc) is 2.33. The van der Waals surface area contributed by atoms with Crippen LogP contribution in [0, 0.1) is 0 Å². The number of unbranched alkanes of at least 4 members (excludes halogenated alkanes) is 2. The first kappa shape index (κ1) is 14.7. The predicted octanol–water partition coefficient (Wildman–Crippen LogP) is 5.09. The fourth-order valence-electron chi connectivity index (χ4n) is 1.66. The van der Waals surface area contributed by atoms with Gasteiger partial charge >= 0.3 is 0 Å². The molecule has 0 atom stereocenters. The number of hydrogen-bond donors (Lipinski definition) is 1. The zero-order chi connectivity index (χ0) is 13.0. The van der Waals surface area contributed by atoms with Gasteiger partial charge in [-0.15, -0.1) is 0 Å². The molecule has 0 spiro atoms. The summed E-state index contributed by atoms with van der Waals surface area (Å²) < 4.78 is 5.21. The number of rotatable bonds is 5. The van der Waals surface area contributed by atoms with E-state index >= 15 is 0 Å². The third-order valence-corrected chi connectivity index (χ3v) is 3.81. The van der Waals surface area contributed by atoms with E-state index in [9.17, 15) is 5.11 Å². The molecule has 0 bridgehead atoms. The van der Waals surface area contributed by atoms with Crippen LogP contribution in [0.3, 0.4) is 0 Å². The number of phenolic OH excluding ortho intramolecular Hbond substituents is 1. The number of methoxy groups -OCH3 is 1. The van der Waals surface area contributed by atoms with E-state index in [2.05, 4.69) is 6.92 Å². The van der Waals surface area contributed by atoms with E-state index in [0.29, 0.717) is 12.2 Å². The molecule has 0 saturated heterocycles. The van der Waals surface area contributed by atoms with E-state index in [0.717, 1.165) is 24.8 Å². The summed E-state index contributed by atoms with van der Waals surface area (Å²) in [4.78, 5) is 0. The van der Waals surface area contributed by atoms with E-state index in [1.54, 1.807) is 0 Å². The van der Waals surface area contributed by atoms with Crippen LogP contribution in [0.4, 0.5) is 0 Å². The number of aromatic hydroxyl groups is 1. The number of halogens is 3. The SMILES string of the molecule is CCCCCc1c(Cl)c(O)c(Cl)c(Cl)c1OC. The van der Waals surface area contributed by atoms with Crippen LogP contribution in [-0.4, -0.2) is 12.2 Å². The first-order valence-electron chi connectivity index (χ1n) is 5.46. The molecule has 0 saturated carbocycles. The van der Waals surface area contributed by atoms with E-state index in [4.69, 9.17) is 39.5 Å². The first-order chi connectivity index (χ1) is 8.04. The summed E-state index contributed by atoms with van der Waals surface area (Å²) in [5.74, 6) is 0.279. The Morgan fingerprint density at radius 1 is 1.06 bits per heavy atom. The summed E-state index contributed by atoms with van der Waals surface area (Å²) >= 11 is 17.9. The lowest BCUT2D eigenvalue weighted by Crippen LogP contribution is -1.96. The topological polar surface area (TPSA) is 29.5 Å². The van der Waals surface area contributed by atoms with Crippen molar-refractivity contribution in [2.24, 2.45) is 0 Å². The number of benzene rings is 1. The van der Waals surface area contributed by atoms with Gasteiger partial charge in [0.15, 0.2) is 5.75 Å². The van der Waals surface area contributed by atoms with Crippen LogP contribution in [0.1, 0.15) is 31.7 Å². The Morgan fingerprint density at radius 2 is 1.71 bits per heavy atom. The largest absolute Gasteiger partial charge is 0.505 e. The molecule has 96 valence electrons. The molecule has 1 aromatic carbocycles. The maximum Gasteiger partial charge on any atom is 0.154 e. The van der Waals surface area contributed by atoms with Crippen molar-refractivity contribution < 1.29 is 9.84 Å². The second-order valence-corrected chi connectivity index (χ2v) is 4.89. The van der Waals surface area contributed by atoms with Crippen LogP contribution in [0.2, 0.25) is 15.1 Å². The molecule has 0 aliphatic carbocycles. The first-order valence-corrected chi connectivity index (χ1v) is 6.60. The summed E-state index contributed by atoms with van der Waals surface area (Å²) in [7, 11) is 1.51. The van der Waals surface area contributed by atoms with Crippen LogP contribution in [0.25, 0.3) is 0 Å². The van der Waals surface area contributed by atoms with E-state index in [1.165, 1.54) is 7.11 Å². The molecule has 1 N–H and O–H groups in total. The normalized spacial score (nSPS) is 10.6. The fourth-order valence-corrected chi connectivity index (χ4v) is 2.45. The zero-order valence-electron chi connectivity index (χ0n) is 9.82. The Bertz CT molecular complexity index is 405. The Kier molecular flexibility index (Phi) is 5.71. The molecule has 0 amide bonds. The fraction of sp³-hybridized carbons (Fsp3) is 0.500. The number of hydrogen-bond acceptors (Lipinski definition) is 2. The molecule has 0 heterocycles. The van der Waals surface area contributed by atoms with E-state index in [-0.39, 0.29) is 20.8 Å². The summed E-state index contributed by atoms with van der Waals surface area (Å²) in [6.45, 7) is 2.12. The molecular formula is C12H15Cl3O2. The second-order valence-electron chi connectivity index (χ2n) is 3.76. The van der Waals surface area contributed by atoms with Gasteiger partial charge in [-0.05, 0) is 12.8 Å². The zero-order valence-corrected chi connectivity index (χ0v) is 12.1. The Labute approximate surface area is 116 Å². The lowest BCUT2D eigenvalue weighted by atomic mass is 10.1. The maximum atomic E-state index is 9.74. The molecule has 0 radical (unpaired) electrons. The highest BCUT2D eigenvalue weighted by Gasteiger charge is 2.21. The Balaban J connectivity index is 3.17. The van der Waals surface area contributed by atoms with Crippen LogP contribution in [0.15, 0.2) is 0 Å². The van der Waals surface area contributed by atoms with E-state index < -0.39 is 0 Å². The van der Waals surface area contributed by atoms with Gasteiger partial charge in [0.05, 0.1) is 12.1 Å². The molecule has 0 aliphatic heterocycles. The van der Waals surface area contributed by atoms with Crippen molar-refractivity contribution in [3.8, 4) is 11.5 Å². The van der Waals surface area contributed by atoms with Crippen LogP contribution >= 0.6 is 34.8 Å². The smallest absolute Gasteiger partial charge is 0.154 e. The molecule has 0 fully saturated rings. The molecule has 1 rings (SSSR count). The Hall–Kier alpha value is -0.310. The van der Waals surface area contributed by atoms with Crippen molar-refractivity contribution in [2.75, 3.05) is 7.11 Å². The van der Waals surface area contributed by atoms with Crippen LogP contribution in [-0.2, 0) is 6.42 Å². The van der Waals surface area contributed by atoms with Gasteiger partial charge in [0.1, 0.15) is 15.8 Å². The summed E-state index contributed by atoms with van der Waals surface area (Å²) in [6, 6.07) is 0. The summed E-state index contributed by atoms with van der Waals surface area (Å²) in [6.07, 6.45) is 3.86. The molecule has 5 heteroatoms. The van der Waals surface area contributed by atoms with Crippen molar-refractivity contribution in [3.05, 3.63) is 20.6 Å². The monoisotopic (exact) mass is 296 g/mol. The van der Waals surface area contributed by atoms with Gasteiger partial charge in [-0.25, -0.2) is 0 Å². The molecule has 2 nitrogen and oxygen atoms in total. The van der Waals surface area contributed by atoms with Crippen molar-refractivity contribution in [1.29, 1.82) is 0 Å². The van der Waals surface area contributed by atoms with Crippen molar-refractivity contribution in [3.63, 3.8) is 0 Å². The Morgan fingerprint density at radius 3 is 2.24 bits per heavy atom. The van der Waals surface area contributed by atoms with Crippen LogP contribution in [0.5, 0.6) is 11.5 Å². The third-order valence-electron chi connectivity index (χ3n) is 2.58. The maximum absolute atomic E-state index is 9.74. The third kappa shape index (κ3) is 3.12. The highest BCUT2D eigenvalue weighted by Crippen LogP contribution is 2.47. The lowest BCUT2D eigenvalue weighted by molar-refractivity contribution is 0.406. The van der Waals surface area contributed by atoms with Gasteiger partial charge in [-0.3, -0.25) is 0 Å². The van der Waals surface area contributed by atoms with Gasteiger partial charge in [-0.2, -0.15) is 0 Å². The van der Waals surface area contributed by atoms with Crippen molar-refractivity contribution in [2.45, 2.75) is 32.6 Å². The molecular weight excluding hydrogens is 282 g/mol. The predicted molar refractivity (Wildman–Crippen MR) is 72.9 cm³/mol. The quantitative estimate of drug-likeness (QED) is 0.605. The van der Waals surface area contributed by atoms with Gasteiger partial charge in [0.25, 0.3) is 0 Å². The minimum Gasteiger partial charge on any atom is -0.505 e. The minimum absolute atomic E-state index is 0.0350. The highest BCUT2D eigenvalue weighted by atomic mass is 35.5. The number of phenols is 1. The molecule has 0 aliphatic rings. The van der Waals surface area contributed by atoms with Crippen molar-refractivity contribution >= 4 is 34.8 Å². The highest BCUT2D eigenvalue weighted by molar-refractivity contribution is 6.46. The summed E-state index contributed by atoms with van der Waals surface area (Å²) in [5.41, 5.74) is 0.717. The minimum atomic E-state index is -0.175. The summed E-state index contributed by atoms with van der Waals surface area (Å²) in [5, 5.41) is 10.2. The second kappa shape index (κ2) is 6.58. The average molecular weight is 298 g/mol. The molecule has 0 unspecified atom stereocenters. The van der Waals surface area contributed by atoms with Crippen molar-refractivity contribution in [1.82, 2.24) is 0 Å². The molecule has 17 heavy (non-hydrogen) atoms. The lowest BCUT2D eigenvalue weighted by Gasteiger charge is -2.15. The van der Waals surface area contributed by atoms with Gasteiger partial charge in [0, 0.05) is 5.56 Å². The molecule has 1 aromatic rings. The molecule has 0 aromatic heterocycles. The standard InChI is InChI=1S/C12H15Cl3O2/c1-3-4-5-6-7-8(13)11(16)9(14)10(15)12(7)17-2/h16H,3-6H2,1-2H3. The van der Waals surface area contributed by atoms with Gasteiger partial charge in [-0.1, -0.05) is 54.6 Å². The van der Waals surface area contributed by atoms with Gasteiger partial charge in [0.2, 0.25) is 0 Å². The van der Waals surface area contributed by atoms with Crippen LogP contribution < -0.4 is 4.74 Å². The number of ether oxygens (including phenoxy) is 1. The van der Waals surface area contributed by atoms with Gasteiger partial charge < -0.3 is 9.84 Å². The van der Waals surface area contributed by atoms with E-state index in [1.807, 2.05) is 0 Å².